The summed E-state index contributed by atoms with van der Waals surface area (Å²) in [6.45, 7) is 12.3. The Balaban J connectivity index is 1.40. The van der Waals surface area contributed by atoms with E-state index < -0.39 is 0 Å². The normalized spacial score (nSPS) is 26.8. The molecule has 4 heteroatoms. The smallest absolute Gasteiger partial charge is 0.0664 e. The molecular weight excluding hydrogens is 298 g/mol. The van der Waals surface area contributed by atoms with Crippen LogP contribution in [0.3, 0.4) is 0 Å². The van der Waals surface area contributed by atoms with Crippen LogP contribution in [0, 0.1) is 11.3 Å². The Morgan fingerprint density at radius 2 is 2.04 bits per heavy atom. The van der Waals surface area contributed by atoms with Crippen molar-refractivity contribution in [1.29, 1.82) is 0 Å². The molecule has 2 aliphatic rings. The second-order valence-corrected chi connectivity index (χ2v) is 8.53. The number of aromatic nitrogens is 1. The van der Waals surface area contributed by atoms with Gasteiger partial charge in [0.15, 0.2) is 0 Å². The van der Waals surface area contributed by atoms with Gasteiger partial charge in [0.2, 0.25) is 0 Å². The minimum atomic E-state index is 0.246. The van der Waals surface area contributed by atoms with E-state index in [-0.39, 0.29) is 5.41 Å². The van der Waals surface area contributed by atoms with Gasteiger partial charge in [0, 0.05) is 44.0 Å². The number of hydrogen-bond donors (Lipinski definition) is 1. The van der Waals surface area contributed by atoms with Crippen molar-refractivity contribution in [1.82, 2.24) is 15.2 Å². The Bertz CT molecular complexity index is 491. The summed E-state index contributed by atoms with van der Waals surface area (Å²) in [6.07, 6.45) is 7.92. The highest BCUT2D eigenvalue weighted by Gasteiger charge is 2.37. The number of nitrogens with zero attached hydrogens (tertiary/aromatic N) is 2. The lowest BCUT2D eigenvalue weighted by molar-refractivity contribution is 0.00635. The van der Waals surface area contributed by atoms with E-state index in [1.54, 1.807) is 0 Å². The fourth-order valence-electron chi connectivity index (χ4n) is 4.16. The zero-order valence-electron chi connectivity index (χ0n) is 15.5. The number of rotatable bonds is 5. The van der Waals surface area contributed by atoms with Crippen molar-refractivity contribution < 1.29 is 4.74 Å². The van der Waals surface area contributed by atoms with Crippen LogP contribution in [0.1, 0.15) is 45.6 Å². The van der Waals surface area contributed by atoms with E-state index in [0.29, 0.717) is 18.1 Å². The lowest BCUT2D eigenvalue weighted by atomic mass is 9.81. The van der Waals surface area contributed by atoms with Crippen LogP contribution in [0.4, 0.5) is 0 Å². The first-order chi connectivity index (χ1) is 11.5. The molecule has 0 unspecified atom stereocenters. The van der Waals surface area contributed by atoms with Gasteiger partial charge in [-0.3, -0.25) is 9.88 Å². The number of nitrogens with one attached hydrogen (secondary N) is 1. The fourth-order valence-corrected chi connectivity index (χ4v) is 4.16. The molecule has 0 saturated carbocycles. The molecule has 0 bridgehead atoms. The quantitative estimate of drug-likeness (QED) is 0.900. The third kappa shape index (κ3) is 4.78. The molecule has 1 aromatic rings. The highest BCUT2D eigenvalue weighted by atomic mass is 16.5. The molecule has 2 fully saturated rings. The van der Waals surface area contributed by atoms with Gasteiger partial charge in [-0.2, -0.15) is 0 Å². The lowest BCUT2D eigenvalue weighted by Crippen LogP contribution is -2.45. The van der Waals surface area contributed by atoms with E-state index >= 15 is 0 Å². The molecule has 0 radical (unpaired) electrons. The molecule has 2 saturated heterocycles. The standard InChI is InChI=1S/C20H33N3O/c1-20(2,3)19-17(8-12-24-19)14-22-18-6-10-23(11-7-18)15-16-5-4-9-21-13-16/h4-5,9,13,17-19,22H,6-8,10-12,14-15H2,1-3H3/t17-,19+/m1/s1. The van der Waals surface area contributed by atoms with Gasteiger partial charge in [0.1, 0.15) is 0 Å². The van der Waals surface area contributed by atoms with Gasteiger partial charge in [-0.1, -0.05) is 26.8 Å². The summed E-state index contributed by atoms with van der Waals surface area (Å²) >= 11 is 0. The van der Waals surface area contributed by atoms with Crippen molar-refractivity contribution in [3.63, 3.8) is 0 Å². The zero-order valence-corrected chi connectivity index (χ0v) is 15.5. The highest BCUT2D eigenvalue weighted by Crippen LogP contribution is 2.34. The molecule has 0 aromatic carbocycles. The first-order valence-corrected chi connectivity index (χ1v) is 9.48. The van der Waals surface area contributed by atoms with Crippen LogP contribution in [0.2, 0.25) is 0 Å². The monoisotopic (exact) mass is 331 g/mol. The Morgan fingerprint density at radius 1 is 1.25 bits per heavy atom. The van der Waals surface area contributed by atoms with Crippen LogP contribution >= 0.6 is 0 Å². The molecule has 2 atom stereocenters. The summed E-state index contributed by atoms with van der Waals surface area (Å²) in [7, 11) is 0. The SMILES string of the molecule is CC(C)(C)[C@H]1OCC[C@@H]1CNC1CCN(Cc2cccnc2)CC1. The zero-order chi connectivity index (χ0) is 17.0. The van der Waals surface area contributed by atoms with Gasteiger partial charge < -0.3 is 10.1 Å². The average Bonchev–Trinajstić information content (AvgIpc) is 3.04. The molecule has 24 heavy (non-hydrogen) atoms. The van der Waals surface area contributed by atoms with Gasteiger partial charge in [-0.05, 0) is 49.4 Å². The van der Waals surface area contributed by atoms with Gasteiger partial charge in [0.05, 0.1) is 6.10 Å². The van der Waals surface area contributed by atoms with E-state index in [4.69, 9.17) is 4.74 Å². The fraction of sp³-hybridized carbons (Fsp3) is 0.750. The molecule has 2 aliphatic heterocycles. The maximum absolute atomic E-state index is 6.00. The Morgan fingerprint density at radius 3 is 2.71 bits per heavy atom. The van der Waals surface area contributed by atoms with Crippen LogP contribution in [-0.2, 0) is 11.3 Å². The number of piperidine rings is 1. The second-order valence-electron chi connectivity index (χ2n) is 8.53. The van der Waals surface area contributed by atoms with Crippen molar-refractivity contribution >= 4 is 0 Å². The minimum Gasteiger partial charge on any atom is -0.377 e. The topological polar surface area (TPSA) is 37.4 Å². The average molecular weight is 332 g/mol. The van der Waals surface area contributed by atoms with Crippen molar-refractivity contribution in [3.05, 3.63) is 30.1 Å². The predicted molar refractivity (Wildman–Crippen MR) is 97.8 cm³/mol. The molecule has 4 nitrogen and oxygen atoms in total. The van der Waals surface area contributed by atoms with Crippen molar-refractivity contribution in [2.24, 2.45) is 11.3 Å². The number of hydrogen-bond acceptors (Lipinski definition) is 4. The van der Waals surface area contributed by atoms with Crippen LogP contribution in [0.15, 0.2) is 24.5 Å². The molecule has 3 rings (SSSR count). The number of likely N-dealkylation sites (tertiary alicyclic amines) is 1. The van der Waals surface area contributed by atoms with E-state index in [1.807, 2.05) is 18.5 Å². The summed E-state index contributed by atoms with van der Waals surface area (Å²) in [5.74, 6) is 0.665. The van der Waals surface area contributed by atoms with Gasteiger partial charge in [-0.15, -0.1) is 0 Å². The van der Waals surface area contributed by atoms with Crippen LogP contribution in [-0.4, -0.2) is 48.3 Å². The minimum absolute atomic E-state index is 0.246. The highest BCUT2D eigenvalue weighted by molar-refractivity contribution is 5.08. The first kappa shape index (κ1) is 17.8. The van der Waals surface area contributed by atoms with Crippen molar-refractivity contribution in [2.45, 2.75) is 58.7 Å². The molecule has 134 valence electrons. The third-order valence-corrected chi connectivity index (χ3v) is 5.45. The molecule has 3 heterocycles. The van der Waals surface area contributed by atoms with Crippen LogP contribution in [0.25, 0.3) is 0 Å². The Kier molecular flexibility index (Phi) is 5.90. The summed E-state index contributed by atoms with van der Waals surface area (Å²) in [4.78, 5) is 6.76. The maximum atomic E-state index is 6.00. The van der Waals surface area contributed by atoms with E-state index in [0.717, 1.165) is 19.7 Å². The summed E-state index contributed by atoms with van der Waals surface area (Å²) in [6, 6.07) is 4.86. The largest absolute Gasteiger partial charge is 0.377 e. The van der Waals surface area contributed by atoms with E-state index in [9.17, 15) is 0 Å². The van der Waals surface area contributed by atoms with Crippen LogP contribution < -0.4 is 5.32 Å². The third-order valence-electron chi connectivity index (χ3n) is 5.45. The second kappa shape index (κ2) is 7.94. The number of pyridine rings is 1. The van der Waals surface area contributed by atoms with Gasteiger partial charge in [-0.25, -0.2) is 0 Å². The van der Waals surface area contributed by atoms with Crippen molar-refractivity contribution in [2.75, 3.05) is 26.2 Å². The van der Waals surface area contributed by atoms with Gasteiger partial charge >= 0.3 is 0 Å². The molecule has 0 aliphatic carbocycles. The Labute approximate surface area is 147 Å². The Hall–Kier alpha value is -0.970. The molecule has 0 spiro atoms. The lowest BCUT2D eigenvalue weighted by Gasteiger charge is -2.35. The van der Waals surface area contributed by atoms with E-state index in [2.05, 4.69) is 42.0 Å². The molecule has 0 amide bonds. The summed E-state index contributed by atoms with van der Waals surface area (Å²) < 4.78 is 6.00. The van der Waals surface area contributed by atoms with E-state index in [1.165, 1.54) is 37.9 Å². The molecule has 1 N–H and O–H groups in total. The maximum Gasteiger partial charge on any atom is 0.0664 e. The molecular formula is C20H33N3O. The summed E-state index contributed by atoms with van der Waals surface area (Å²) in [5.41, 5.74) is 1.57. The first-order valence-electron chi connectivity index (χ1n) is 9.48. The van der Waals surface area contributed by atoms with Gasteiger partial charge in [0.25, 0.3) is 0 Å². The summed E-state index contributed by atoms with van der Waals surface area (Å²) in [5, 5.41) is 3.83. The van der Waals surface area contributed by atoms with Crippen LogP contribution in [0.5, 0.6) is 0 Å². The predicted octanol–water partition coefficient (Wildman–Crippen LogP) is 3.09. The van der Waals surface area contributed by atoms with Crippen molar-refractivity contribution in [3.8, 4) is 0 Å². The molecule has 1 aromatic heterocycles. The number of ether oxygens (including phenoxy) is 1.